The Labute approximate surface area is 169 Å². The molecule has 2 saturated heterocycles. The number of carbonyl (C=O) groups is 1. The number of benzene rings is 1. The van der Waals surface area contributed by atoms with E-state index in [9.17, 15) is 9.18 Å². The highest BCUT2D eigenvalue weighted by molar-refractivity contribution is 7.13. The lowest BCUT2D eigenvalue weighted by atomic mass is 10.1. The number of hydrogen-bond acceptors (Lipinski definition) is 5. The fourth-order valence-electron chi connectivity index (χ4n) is 3.92. The van der Waals surface area contributed by atoms with Gasteiger partial charge in [0, 0.05) is 38.1 Å². The van der Waals surface area contributed by atoms with Gasteiger partial charge in [0.2, 0.25) is 5.91 Å². The molecule has 0 radical (unpaired) electrons. The lowest BCUT2D eigenvalue weighted by molar-refractivity contribution is -0.130. The Morgan fingerprint density at radius 2 is 1.79 bits per heavy atom. The molecule has 0 unspecified atom stereocenters. The molecule has 2 aliphatic heterocycles. The zero-order valence-corrected chi connectivity index (χ0v) is 17.0. The van der Waals surface area contributed by atoms with Crippen LogP contribution in [0.1, 0.15) is 30.5 Å². The minimum Gasteiger partial charge on any atom is -0.345 e. The molecule has 4 rings (SSSR count). The standard InChI is InChI=1S/C21H27FN4OS/c22-19-7-3-2-6-17(19)14-20(27)25-10-12-26(13-11-25)21-23-18(16-28-21)15-24-8-4-1-5-9-24/h2-3,6-7,16H,1,4-5,8-15H2. The zero-order chi connectivity index (χ0) is 19.3. The monoisotopic (exact) mass is 402 g/mol. The van der Waals surface area contributed by atoms with Gasteiger partial charge in [-0.3, -0.25) is 9.69 Å². The molecule has 28 heavy (non-hydrogen) atoms. The first-order valence-corrected chi connectivity index (χ1v) is 11.0. The van der Waals surface area contributed by atoms with Crippen molar-refractivity contribution in [3.05, 3.63) is 46.7 Å². The average molecular weight is 403 g/mol. The second kappa shape index (κ2) is 9.01. The number of carbonyl (C=O) groups excluding carboxylic acids is 1. The van der Waals surface area contributed by atoms with Crippen molar-refractivity contribution in [3.8, 4) is 0 Å². The number of hydrogen-bond donors (Lipinski definition) is 0. The number of piperidine rings is 1. The molecule has 1 aromatic carbocycles. The molecule has 0 aliphatic carbocycles. The molecular weight excluding hydrogens is 375 g/mol. The Morgan fingerprint density at radius 1 is 1.04 bits per heavy atom. The number of amides is 1. The third-order valence-corrected chi connectivity index (χ3v) is 6.53. The van der Waals surface area contributed by atoms with Crippen molar-refractivity contribution in [2.24, 2.45) is 0 Å². The van der Waals surface area contributed by atoms with Crippen molar-refractivity contribution in [2.45, 2.75) is 32.2 Å². The number of halogens is 1. The predicted molar refractivity (Wildman–Crippen MR) is 110 cm³/mol. The summed E-state index contributed by atoms with van der Waals surface area (Å²) in [5.41, 5.74) is 1.62. The first kappa shape index (κ1) is 19.3. The molecule has 0 N–H and O–H groups in total. The van der Waals surface area contributed by atoms with Gasteiger partial charge in [-0.05, 0) is 37.6 Å². The first-order chi connectivity index (χ1) is 13.7. The van der Waals surface area contributed by atoms with Gasteiger partial charge in [0.1, 0.15) is 5.82 Å². The van der Waals surface area contributed by atoms with Crippen molar-refractivity contribution < 1.29 is 9.18 Å². The fourth-order valence-corrected chi connectivity index (χ4v) is 4.79. The van der Waals surface area contributed by atoms with Crippen LogP contribution in [0.25, 0.3) is 0 Å². The van der Waals surface area contributed by atoms with Crippen LogP contribution in [-0.2, 0) is 17.8 Å². The first-order valence-electron chi connectivity index (χ1n) is 10.1. The molecule has 150 valence electrons. The third-order valence-electron chi connectivity index (χ3n) is 5.58. The highest BCUT2D eigenvalue weighted by atomic mass is 32.1. The maximum atomic E-state index is 13.8. The van der Waals surface area contributed by atoms with Crippen LogP contribution in [0.3, 0.4) is 0 Å². The molecule has 3 heterocycles. The Bertz CT molecular complexity index is 797. The number of likely N-dealkylation sites (tertiary alicyclic amines) is 1. The van der Waals surface area contributed by atoms with Crippen molar-refractivity contribution in [2.75, 3.05) is 44.2 Å². The van der Waals surface area contributed by atoms with E-state index in [-0.39, 0.29) is 18.1 Å². The zero-order valence-electron chi connectivity index (χ0n) is 16.1. The maximum absolute atomic E-state index is 13.8. The number of aromatic nitrogens is 1. The summed E-state index contributed by atoms with van der Waals surface area (Å²) in [7, 11) is 0. The van der Waals surface area contributed by atoms with E-state index in [1.54, 1.807) is 29.5 Å². The summed E-state index contributed by atoms with van der Waals surface area (Å²) in [6.45, 7) is 6.17. The quantitative estimate of drug-likeness (QED) is 0.770. The lowest BCUT2D eigenvalue weighted by Crippen LogP contribution is -2.49. The van der Waals surface area contributed by atoms with Gasteiger partial charge in [-0.25, -0.2) is 9.37 Å². The minimum absolute atomic E-state index is 0.00493. The second-order valence-electron chi connectivity index (χ2n) is 7.59. The van der Waals surface area contributed by atoms with Crippen molar-refractivity contribution in [1.82, 2.24) is 14.8 Å². The van der Waals surface area contributed by atoms with E-state index in [1.165, 1.54) is 38.4 Å². The summed E-state index contributed by atoms with van der Waals surface area (Å²) in [5.74, 6) is -0.312. The Morgan fingerprint density at radius 3 is 2.54 bits per heavy atom. The summed E-state index contributed by atoms with van der Waals surface area (Å²) in [6.07, 6.45) is 4.06. The summed E-state index contributed by atoms with van der Waals surface area (Å²) < 4.78 is 13.8. The average Bonchev–Trinajstić information content (AvgIpc) is 3.19. The summed E-state index contributed by atoms with van der Waals surface area (Å²) in [5, 5.41) is 3.22. The van der Waals surface area contributed by atoms with Crippen LogP contribution in [0.5, 0.6) is 0 Å². The number of thiazole rings is 1. The van der Waals surface area contributed by atoms with Gasteiger partial charge in [0.15, 0.2) is 5.13 Å². The molecule has 0 spiro atoms. The minimum atomic E-state index is -0.307. The highest BCUT2D eigenvalue weighted by Crippen LogP contribution is 2.24. The molecular formula is C21H27FN4OS. The lowest BCUT2D eigenvalue weighted by Gasteiger charge is -2.34. The fraction of sp³-hybridized carbons (Fsp3) is 0.524. The van der Waals surface area contributed by atoms with E-state index < -0.39 is 0 Å². The normalized spacial score (nSPS) is 18.5. The van der Waals surface area contributed by atoms with Gasteiger partial charge in [-0.2, -0.15) is 0 Å². The Balaban J connectivity index is 1.28. The Kier molecular flexibility index (Phi) is 6.22. The van der Waals surface area contributed by atoms with E-state index in [1.807, 2.05) is 4.90 Å². The maximum Gasteiger partial charge on any atom is 0.227 e. The molecule has 2 aromatic rings. The molecule has 7 heteroatoms. The molecule has 1 aromatic heterocycles. The van der Waals surface area contributed by atoms with Gasteiger partial charge < -0.3 is 9.80 Å². The number of nitrogens with zero attached hydrogens (tertiary/aromatic N) is 4. The molecule has 0 saturated carbocycles. The van der Waals surface area contributed by atoms with E-state index >= 15 is 0 Å². The number of rotatable bonds is 5. The van der Waals surface area contributed by atoms with E-state index in [0.29, 0.717) is 18.7 Å². The van der Waals surface area contributed by atoms with Crippen LogP contribution in [-0.4, -0.2) is 60.0 Å². The van der Waals surface area contributed by atoms with Crippen LogP contribution >= 0.6 is 11.3 Å². The third kappa shape index (κ3) is 4.70. The van der Waals surface area contributed by atoms with Gasteiger partial charge >= 0.3 is 0 Å². The van der Waals surface area contributed by atoms with E-state index in [2.05, 4.69) is 15.2 Å². The predicted octanol–water partition coefficient (Wildman–Crippen LogP) is 3.16. The SMILES string of the molecule is O=C(Cc1ccccc1F)N1CCN(c2nc(CN3CCCCC3)cs2)CC1. The molecule has 2 aliphatic rings. The molecule has 5 nitrogen and oxygen atoms in total. The second-order valence-corrected chi connectivity index (χ2v) is 8.43. The smallest absolute Gasteiger partial charge is 0.227 e. The number of piperazine rings is 1. The van der Waals surface area contributed by atoms with Crippen molar-refractivity contribution in [3.63, 3.8) is 0 Å². The topological polar surface area (TPSA) is 39.7 Å². The highest BCUT2D eigenvalue weighted by Gasteiger charge is 2.24. The van der Waals surface area contributed by atoms with E-state index in [0.717, 1.165) is 30.5 Å². The van der Waals surface area contributed by atoms with Crippen LogP contribution < -0.4 is 4.90 Å². The van der Waals surface area contributed by atoms with Crippen LogP contribution in [0.15, 0.2) is 29.6 Å². The Hall–Kier alpha value is -1.99. The van der Waals surface area contributed by atoms with Crippen LogP contribution in [0.2, 0.25) is 0 Å². The van der Waals surface area contributed by atoms with Gasteiger partial charge in [0.05, 0.1) is 12.1 Å². The van der Waals surface area contributed by atoms with Crippen LogP contribution in [0, 0.1) is 5.82 Å². The van der Waals surface area contributed by atoms with Gasteiger partial charge in [-0.1, -0.05) is 24.6 Å². The van der Waals surface area contributed by atoms with Gasteiger partial charge in [0.25, 0.3) is 0 Å². The summed E-state index contributed by atoms with van der Waals surface area (Å²) in [4.78, 5) is 23.9. The molecule has 2 fully saturated rings. The van der Waals surface area contributed by atoms with Crippen molar-refractivity contribution in [1.29, 1.82) is 0 Å². The summed E-state index contributed by atoms with van der Waals surface area (Å²) >= 11 is 1.69. The van der Waals surface area contributed by atoms with Crippen molar-refractivity contribution >= 4 is 22.4 Å². The number of anilines is 1. The molecule has 0 atom stereocenters. The van der Waals surface area contributed by atoms with Crippen LogP contribution in [0.4, 0.5) is 9.52 Å². The van der Waals surface area contributed by atoms with Gasteiger partial charge in [-0.15, -0.1) is 11.3 Å². The molecule has 1 amide bonds. The largest absolute Gasteiger partial charge is 0.345 e. The molecule has 0 bridgehead atoms. The summed E-state index contributed by atoms with van der Waals surface area (Å²) in [6, 6.07) is 6.51. The van der Waals surface area contributed by atoms with E-state index in [4.69, 9.17) is 4.98 Å².